The van der Waals surface area contributed by atoms with E-state index in [1.165, 1.54) is 4.13 Å². The molecule has 0 aliphatic heterocycles. The van der Waals surface area contributed by atoms with Gasteiger partial charge in [0.05, 0.1) is 0 Å². The molecule has 0 aliphatic carbocycles. The second kappa shape index (κ2) is 32.9. The first-order valence-electron chi connectivity index (χ1n) is 9.97. The van der Waals surface area contributed by atoms with Gasteiger partial charge in [0, 0.05) is 17.9 Å². The number of carboxylic acid groups (broad SMARTS) is 3. The topological polar surface area (TPSA) is 120 Å². The van der Waals surface area contributed by atoms with E-state index in [4.69, 9.17) is 0 Å². The fourth-order valence-electron chi connectivity index (χ4n) is 1.56. The molecule has 0 amide bonds. The van der Waals surface area contributed by atoms with Crippen molar-refractivity contribution in [2.45, 2.75) is 109 Å². The van der Waals surface area contributed by atoms with Crippen LogP contribution in [0.2, 0.25) is 4.13 Å². The van der Waals surface area contributed by atoms with Gasteiger partial charge < -0.3 is 29.7 Å². The minimum absolute atomic E-state index is 0.216. The number of hydrogen-bond acceptors (Lipinski definition) is 6. The molecule has 0 N–H and O–H groups in total. The van der Waals surface area contributed by atoms with Crippen molar-refractivity contribution in [2.75, 3.05) is 0 Å². The predicted molar refractivity (Wildman–Crippen MR) is 97.9 cm³/mol. The van der Waals surface area contributed by atoms with Gasteiger partial charge in [0.15, 0.2) is 0 Å². The van der Waals surface area contributed by atoms with E-state index in [9.17, 15) is 29.7 Å². The number of carbonyl (C=O) groups excluding carboxylic acids is 3. The summed E-state index contributed by atoms with van der Waals surface area (Å²) in [6, 6.07) is 0. The maximum absolute atomic E-state index is 9.76. The molecule has 0 heterocycles. The summed E-state index contributed by atoms with van der Waals surface area (Å²) in [6.45, 7) is 8.28. The minimum atomic E-state index is -0.932. The van der Waals surface area contributed by atoms with Crippen LogP contribution in [0.4, 0.5) is 0 Å². The summed E-state index contributed by atoms with van der Waals surface area (Å²) >= 11 is 1.64. The Balaban J connectivity index is -0.000000137. The van der Waals surface area contributed by atoms with E-state index >= 15 is 0 Å². The van der Waals surface area contributed by atoms with Crippen molar-refractivity contribution in [1.82, 2.24) is 0 Å². The van der Waals surface area contributed by atoms with Crippen LogP contribution in [-0.2, 0) is 39.1 Å². The first kappa shape index (κ1) is 33.8. The number of carboxylic acids is 3. The third-order valence-corrected chi connectivity index (χ3v) is 2.95. The Bertz CT molecular complexity index is 274. The van der Waals surface area contributed by atoms with Crippen LogP contribution in [0.25, 0.3) is 0 Å². The molecule has 0 aromatic carbocycles. The molecular formula is C20H38O6Zr. The summed E-state index contributed by atoms with van der Waals surface area (Å²) in [7, 11) is 0. The Labute approximate surface area is 181 Å². The Morgan fingerprint density at radius 1 is 0.556 bits per heavy atom. The van der Waals surface area contributed by atoms with E-state index in [2.05, 4.69) is 6.92 Å². The van der Waals surface area contributed by atoms with Gasteiger partial charge in [-0.05, 0) is 38.5 Å². The summed E-state index contributed by atoms with van der Waals surface area (Å²) < 4.78 is 1.34. The van der Waals surface area contributed by atoms with Crippen LogP contribution < -0.4 is 15.3 Å². The Hall–Kier alpha value is -0.707. The Morgan fingerprint density at radius 2 is 0.741 bits per heavy atom. The van der Waals surface area contributed by atoms with E-state index in [0.717, 1.165) is 57.8 Å². The Kier molecular flexibility index (Phi) is 41.3. The molecule has 0 aliphatic rings. The summed E-state index contributed by atoms with van der Waals surface area (Å²) in [5.41, 5.74) is 0. The number of carbonyl (C=O) groups is 3. The van der Waals surface area contributed by atoms with Gasteiger partial charge in [0.1, 0.15) is 0 Å². The number of rotatable bonds is 12. The van der Waals surface area contributed by atoms with Gasteiger partial charge in [-0.25, -0.2) is 0 Å². The molecule has 27 heavy (non-hydrogen) atoms. The fraction of sp³-hybridized carbons (Fsp3) is 0.850. The molecule has 6 nitrogen and oxygen atoms in total. The zero-order valence-corrected chi connectivity index (χ0v) is 20.1. The van der Waals surface area contributed by atoms with Crippen LogP contribution in [0.15, 0.2) is 0 Å². The van der Waals surface area contributed by atoms with Crippen molar-refractivity contribution in [3.8, 4) is 0 Å². The van der Waals surface area contributed by atoms with Crippen LogP contribution in [-0.4, -0.2) is 17.9 Å². The molecule has 0 rings (SSSR count). The molecule has 0 radical (unpaired) electrons. The predicted octanol–water partition coefficient (Wildman–Crippen LogP) is 1.92. The van der Waals surface area contributed by atoms with Crippen molar-refractivity contribution >= 4 is 17.9 Å². The van der Waals surface area contributed by atoms with Crippen LogP contribution >= 0.6 is 0 Å². The summed E-state index contributed by atoms with van der Waals surface area (Å²) in [4.78, 5) is 29.3. The number of aliphatic carboxylic acids is 3. The van der Waals surface area contributed by atoms with Crippen molar-refractivity contribution in [3.05, 3.63) is 0 Å². The molecule has 0 unspecified atom stereocenters. The summed E-state index contributed by atoms with van der Waals surface area (Å²) in [6.07, 6.45) is 9.11. The molecule has 0 saturated heterocycles. The summed E-state index contributed by atoms with van der Waals surface area (Å²) in [5.74, 6) is -2.80. The van der Waals surface area contributed by atoms with Gasteiger partial charge in [0.2, 0.25) is 0 Å². The molecule has 0 bridgehead atoms. The van der Waals surface area contributed by atoms with Crippen molar-refractivity contribution in [1.29, 1.82) is 0 Å². The van der Waals surface area contributed by atoms with Gasteiger partial charge in [-0.15, -0.1) is 0 Å². The molecule has 0 atom stereocenters. The monoisotopic (exact) mass is 464 g/mol. The molecule has 7 heteroatoms. The van der Waals surface area contributed by atoms with E-state index in [0.29, 0.717) is 0 Å². The van der Waals surface area contributed by atoms with Gasteiger partial charge in [-0.2, -0.15) is 0 Å². The van der Waals surface area contributed by atoms with Crippen molar-refractivity contribution in [3.63, 3.8) is 0 Å². The van der Waals surface area contributed by atoms with Gasteiger partial charge >= 0.3 is 35.8 Å². The molecule has 0 spiro atoms. The van der Waals surface area contributed by atoms with Gasteiger partial charge in [0.25, 0.3) is 0 Å². The van der Waals surface area contributed by atoms with Crippen LogP contribution in [0.5, 0.6) is 0 Å². The van der Waals surface area contributed by atoms with Crippen molar-refractivity contribution in [2.24, 2.45) is 0 Å². The standard InChI is InChI=1S/3C6H12O2.C2H5.Zr/c3*1-2-3-4-5-6(7)8;1-2;/h3*2-5H2,1H3,(H,7,8);1H2,2H3;/q;;;;+3/p-3. The average Bonchev–Trinajstić information content (AvgIpc) is 2.57. The first-order valence-corrected chi connectivity index (χ1v) is 11.7. The first-order chi connectivity index (χ1) is 12.7. The van der Waals surface area contributed by atoms with E-state index in [1.807, 2.05) is 20.8 Å². The molecule has 0 saturated carbocycles. The summed E-state index contributed by atoms with van der Waals surface area (Å²) in [5, 5.41) is 29.3. The third-order valence-electron chi connectivity index (χ3n) is 2.95. The number of hydrogen-bond donors (Lipinski definition) is 0. The fourth-order valence-corrected chi connectivity index (χ4v) is 1.56. The zero-order valence-electron chi connectivity index (χ0n) is 17.6. The molecule has 0 aromatic rings. The van der Waals surface area contributed by atoms with Gasteiger partial charge in [-0.1, -0.05) is 59.3 Å². The second-order valence-corrected chi connectivity index (χ2v) is 7.58. The van der Waals surface area contributed by atoms with E-state index in [-0.39, 0.29) is 19.3 Å². The van der Waals surface area contributed by atoms with Gasteiger partial charge in [-0.3, -0.25) is 0 Å². The SMILES string of the molecule is CCCCCC(=O)[O-].CCCCCC(=O)[O-].CCCCCC(=O)[O-].C[CH2][Zr+3]. The van der Waals surface area contributed by atoms with E-state index in [1.54, 1.807) is 24.7 Å². The quantitative estimate of drug-likeness (QED) is 0.406. The van der Waals surface area contributed by atoms with E-state index < -0.39 is 17.9 Å². The van der Waals surface area contributed by atoms with Crippen molar-refractivity contribution < 1.29 is 54.4 Å². The molecule has 0 fully saturated rings. The maximum atomic E-state index is 9.76. The normalized spacial score (nSPS) is 8.81. The Morgan fingerprint density at radius 3 is 0.852 bits per heavy atom. The average molecular weight is 466 g/mol. The molecular weight excluding hydrogens is 427 g/mol. The zero-order chi connectivity index (χ0) is 21.9. The van der Waals surface area contributed by atoms with Crippen LogP contribution in [0, 0.1) is 0 Å². The van der Waals surface area contributed by atoms with Crippen LogP contribution in [0.1, 0.15) is 105 Å². The molecule has 0 aromatic heterocycles. The van der Waals surface area contributed by atoms with Crippen LogP contribution in [0.3, 0.4) is 0 Å². The second-order valence-electron chi connectivity index (χ2n) is 5.84. The number of unbranched alkanes of at least 4 members (excludes halogenated alkanes) is 6. The third kappa shape index (κ3) is 67.2. The molecule has 158 valence electrons.